The van der Waals surface area contributed by atoms with Gasteiger partial charge in [-0.25, -0.2) is 4.98 Å². The molecule has 1 aliphatic heterocycles. The molecule has 0 amide bonds. The van der Waals surface area contributed by atoms with Crippen LogP contribution in [0.15, 0.2) is 24.4 Å². The normalized spacial score (nSPS) is 27.5. The van der Waals surface area contributed by atoms with Gasteiger partial charge in [-0.05, 0) is 43.7 Å². The number of aromatic nitrogens is 1. The fraction of sp³-hybridized carbons (Fsp3) is 0.688. The van der Waals surface area contributed by atoms with Gasteiger partial charge in [-0.2, -0.15) is 0 Å². The van der Waals surface area contributed by atoms with E-state index in [-0.39, 0.29) is 0 Å². The van der Waals surface area contributed by atoms with Crippen molar-refractivity contribution in [1.82, 2.24) is 10.3 Å². The number of rotatable bonds is 5. The molecule has 0 spiro atoms. The molecule has 3 nitrogen and oxygen atoms in total. The molecule has 1 aromatic rings. The SMILES string of the molecule is CCCC1CC1NC1CCN(c2ccccn2)CC1. The fourth-order valence-corrected chi connectivity index (χ4v) is 3.26. The highest BCUT2D eigenvalue weighted by atomic mass is 15.2. The molecule has 104 valence electrons. The van der Waals surface area contributed by atoms with Crippen LogP contribution in [0.5, 0.6) is 0 Å². The highest BCUT2D eigenvalue weighted by Gasteiger charge is 2.37. The maximum absolute atomic E-state index is 4.44. The van der Waals surface area contributed by atoms with Crippen molar-refractivity contribution < 1.29 is 0 Å². The Morgan fingerprint density at radius 1 is 1.32 bits per heavy atom. The molecular weight excluding hydrogens is 234 g/mol. The lowest BCUT2D eigenvalue weighted by molar-refractivity contribution is 0.401. The average Bonchev–Trinajstić information content (AvgIpc) is 3.19. The van der Waals surface area contributed by atoms with E-state index in [2.05, 4.69) is 34.3 Å². The highest BCUT2D eigenvalue weighted by molar-refractivity contribution is 5.38. The van der Waals surface area contributed by atoms with E-state index >= 15 is 0 Å². The molecule has 0 aromatic carbocycles. The van der Waals surface area contributed by atoms with E-state index < -0.39 is 0 Å². The van der Waals surface area contributed by atoms with Gasteiger partial charge in [0.05, 0.1) is 0 Å². The molecule has 1 aliphatic carbocycles. The Labute approximate surface area is 116 Å². The summed E-state index contributed by atoms with van der Waals surface area (Å²) in [4.78, 5) is 6.85. The first-order chi connectivity index (χ1) is 9.36. The molecule has 2 unspecified atom stereocenters. The molecule has 3 heteroatoms. The van der Waals surface area contributed by atoms with Crippen LogP contribution in [0, 0.1) is 5.92 Å². The smallest absolute Gasteiger partial charge is 0.128 e. The zero-order valence-corrected chi connectivity index (χ0v) is 11.9. The second-order valence-electron chi connectivity index (χ2n) is 6.01. The van der Waals surface area contributed by atoms with Gasteiger partial charge in [-0.15, -0.1) is 0 Å². The highest BCUT2D eigenvalue weighted by Crippen LogP contribution is 2.35. The van der Waals surface area contributed by atoms with Crippen LogP contribution in [-0.2, 0) is 0 Å². The van der Waals surface area contributed by atoms with Gasteiger partial charge >= 0.3 is 0 Å². The minimum absolute atomic E-state index is 0.729. The van der Waals surface area contributed by atoms with Gasteiger partial charge in [-0.3, -0.25) is 0 Å². The molecule has 1 N–H and O–H groups in total. The van der Waals surface area contributed by atoms with Crippen LogP contribution in [0.2, 0.25) is 0 Å². The number of nitrogens with zero attached hydrogens (tertiary/aromatic N) is 2. The molecule has 2 aliphatic rings. The van der Waals surface area contributed by atoms with Crippen molar-refractivity contribution in [3.8, 4) is 0 Å². The molecule has 0 radical (unpaired) electrons. The molecule has 3 rings (SSSR count). The van der Waals surface area contributed by atoms with Gasteiger partial charge in [0.25, 0.3) is 0 Å². The zero-order valence-electron chi connectivity index (χ0n) is 11.9. The molecule has 1 aromatic heterocycles. The lowest BCUT2D eigenvalue weighted by Crippen LogP contribution is -2.43. The van der Waals surface area contributed by atoms with Crippen LogP contribution in [0.25, 0.3) is 0 Å². The van der Waals surface area contributed by atoms with Gasteiger partial charge in [-0.1, -0.05) is 19.4 Å². The van der Waals surface area contributed by atoms with Crippen molar-refractivity contribution in [1.29, 1.82) is 0 Å². The molecule has 19 heavy (non-hydrogen) atoms. The Balaban J connectivity index is 1.43. The summed E-state index contributed by atoms with van der Waals surface area (Å²) in [6.07, 6.45) is 8.55. The molecule has 1 saturated heterocycles. The Kier molecular flexibility index (Phi) is 4.02. The molecule has 2 atom stereocenters. The maximum Gasteiger partial charge on any atom is 0.128 e. The summed E-state index contributed by atoms with van der Waals surface area (Å²) < 4.78 is 0. The Morgan fingerprint density at radius 2 is 2.16 bits per heavy atom. The van der Waals surface area contributed by atoms with E-state index in [1.54, 1.807) is 0 Å². The Hall–Kier alpha value is -1.09. The van der Waals surface area contributed by atoms with Crippen molar-refractivity contribution in [3.05, 3.63) is 24.4 Å². The average molecular weight is 259 g/mol. The number of nitrogens with one attached hydrogen (secondary N) is 1. The first-order valence-corrected chi connectivity index (χ1v) is 7.79. The first kappa shape index (κ1) is 12.9. The predicted octanol–water partition coefficient (Wildman–Crippen LogP) is 2.83. The minimum Gasteiger partial charge on any atom is -0.357 e. The van der Waals surface area contributed by atoms with Crippen molar-refractivity contribution >= 4 is 5.82 Å². The number of hydrogen-bond donors (Lipinski definition) is 1. The second-order valence-corrected chi connectivity index (χ2v) is 6.01. The number of anilines is 1. The summed E-state index contributed by atoms with van der Waals surface area (Å²) in [5, 5.41) is 3.85. The minimum atomic E-state index is 0.729. The molecule has 2 heterocycles. The summed E-state index contributed by atoms with van der Waals surface area (Å²) in [5.74, 6) is 2.11. The van der Waals surface area contributed by atoms with Crippen LogP contribution < -0.4 is 10.2 Å². The molecule has 0 bridgehead atoms. The van der Waals surface area contributed by atoms with E-state index in [1.165, 1.54) is 32.1 Å². The predicted molar refractivity (Wildman–Crippen MR) is 79.4 cm³/mol. The van der Waals surface area contributed by atoms with Crippen molar-refractivity contribution in [3.63, 3.8) is 0 Å². The summed E-state index contributed by atoms with van der Waals surface area (Å²) in [5.41, 5.74) is 0. The standard InChI is InChI=1S/C16H25N3/c1-2-5-13-12-15(13)18-14-7-10-19(11-8-14)16-6-3-4-9-17-16/h3-4,6,9,13-15,18H,2,5,7-8,10-12H2,1H3. The molecule has 1 saturated carbocycles. The van der Waals surface area contributed by atoms with Crippen molar-refractivity contribution in [2.75, 3.05) is 18.0 Å². The van der Waals surface area contributed by atoms with Gasteiger partial charge in [0.15, 0.2) is 0 Å². The molecular formula is C16H25N3. The third-order valence-electron chi connectivity index (χ3n) is 4.50. The molecule has 2 fully saturated rings. The van der Waals surface area contributed by atoms with Gasteiger partial charge in [0, 0.05) is 31.4 Å². The third kappa shape index (κ3) is 3.27. The van der Waals surface area contributed by atoms with Crippen LogP contribution in [0.1, 0.15) is 39.0 Å². The quantitative estimate of drug-likeness (QED) is 0.881. The third-order valence-corrected chi connectivity index (χ3v) is 4.50. The van der Waals surface area contributed by atoms with Crippen LogP contribution in [0.4, 0.5) is 5.82 Å². The van der Waals surface area contributed by atoms with E-state index in [4.69, 9.17) is 0 Å². The summed E-state index contributed by atoms with van der Waals surface area (Å²) >= 11 is 0. The van der Waals surface area contributed by atoms with Gasteiger partial charge < -0.3 is 10.2 Å². The summed E-state index contributed by atoms with van der Waals surface area (Å²) in [7, 11) is 0. The van der Waals surface area contributed by atoms with Crippen molar-refractivity contribution in [2.45, 2.75) is 51.1 Å². The summed E-state index contributed by atoms with van der Waals surface area (Å²) in [6, 6.07) is 7.73. The van der Waals surface area contributed by atoms with Gasteiger partial charge in [0.2, 0.25) is 0 Å². The summed E-state index contributed by atoms with van der Waals surface area (Å²) in [6.45, 7) is 4.57. The number of hydrogen-bond acceptors (Lipinski definition) is 3. The number of piperidine rings is 1. The van der Waals surface area contributed by atoms with E-state index in [0.29, 0.717) is 0 Å². The van der Waals surface area contributed by atoms with Crippen LogP contribution >= 0.6 is 0 Å². The monoisotopic (exact) mass is 259 g/mol. The zero-order chi connectivity index (χ0) is 13.1. The lowest BCUT2D eigenvalue weighted by Gasteiger charge is -2.33. The maximum atomic E-state index is 4.44. The van der Waals surface area contributed by atoms with Crippen LogP contribution in [-0.4, -0.2) is 30.2 Å². The Morgan fingerprint density at radius 3 is 2.84 bits per heavy atom. The topological polar surface area (TPSA) is 28.2 Å². The van der Waals surface area contributed by atoms with Crippen molar-refractivity contribution in [2.24, 2.45) is 5.92 Å². The lowest BCUT2D eigenvalue weighted by atomic mass is 10.0. The fourth-order valence-electron chi connectivity index (χ4n) is 3.26. The first-order valence-electron chi connectivity index (χ1n) is 7.79. The Bertz CT molecular complexity index is 384. The van der Waals surface area contributed by atoms with Gasteiger partial charge in [0.1, 0.15) is 5.82 Å². The van der Waals surface area contributed by atoms with E-state index in [9.17, 15) is 0 Å². The largest absolute Gasteiger partial charge is 0.357 e. The second kappa shape index (κ2) is 5.91. The van der Waals surface area contributed by atoms with E-state index in [0.717, 1.165) is 36.9 Å². The van der Waals surface area contributed by atoms with E-state index in [1.807, 2.05) is 12.3 Å². The van der Waals surface area contributed by atoms with Crippen LogP contribution in [0.3, 0.4) is 0 Å². The number of pyridine rings is 1.